The van der Waals surface area contributed by atoms with Crippen LogP contribution in [0.2, 0.25) is 0 Å². The predicted octanol–water partition coefficient (Wildman–Crippen LogP) is 3.70. The van der Waals surface area contributed by atoms with E-state index in [0.717, 1.165) is 17.7 Å². The molecular weight excluding hydrogens is 192 g/mol. The maximum absolute atomic E-state index is 10.3. The summed E-state index contributed by atoms with van der Waals surface area (Å²) in [5.74, 6) is 0.576. The molecule has 1 aromatic rings. The fourth-order valence-corrected chi connectivity index (χ4v) is 2.57. The lowest BCUT2D eigenvalue weighted by atomic mass is 9.90. The highest BCUT2D eigenvalue weighted by atomic mass is 32.1. The summed E-state index contributed by atoms with van der Waals surface area (Å²) in [4.78, 5) is 2.36. The van der Waals surface area contributed by atoms with Crippen LogP contribution in [-0.2, 0) is 5.60 Å². The Morgan fingerprint density at radius 3 is 2.57 bits per heavy atom. The number of rotatable bonds is 4. The third kappa shape index (κ3) is 2.82. The van der Waals surface area contributed by atoms with Gasteiger partial charge in [-0.15, -0.1) is 11.3 Å². The lowest BCUT2D eigenvalue weighted by Gasteiger charge is -2.25. The molecule has 0 aliphatic heterocycles. The van der Waals surface area contributed by atoms with Crippen molar-refractivity contribution in [3.63, 3.8) is 0 Å². The summed E-state index contributed by atoms with van der Waals surface area (Å²) in [6.07, 6.45) is 1.98. The molecular formula is C12H20OS. The predicted molar refractivity (Wildman–Crippen MR) is 62.7 cm³/mol. The van der Waals surface area contributed by atoms with Crippen molar-refractivity contribution in [2.45, 2.75) is 46.1 Å². The van der Waals surface area contributed by atoms with E-state index in [2.05, 4.69) is 26.8 Å². The Balaban J connectivity index is 2.74. The Kier molecular flexibility index (Phi) is 3.73. The number of aryl methyl sites for hydroxylation is 1. The number of aliphatic hydroxyl groups is 1. The van der Waals surface area contributed by atoms with Crippen molar-refractivity contribution >= 4 is 11.3 Å². The molecule has 0 saturated heterocycles. The maximum Gasteiger partial charge on any atom is 0.0962 e. The average molecular weight is 212 g/mol. The molecule has 0 amide bonds. The largest absolute Gasteiger partial charge is 0.385 e. The van der Waals surface area contributed by atoms with E-state index in [1.807, 2.05) is 13.0 Å². The van der Waals surface area contributed by atoms with E-state index in [1.165, 1.54) is 4.88 Å². The zero-order chi connectivity index (χ0) is 10.8. The summed E-state index contributed by atoms with van der Waals surface area (Å²) in [6, 6.07) is 4.12. The summed E-state index contributed by atoms with van der Waals surface area (Å²) in [5.41, 5.74) is -0.644. The Bertz CT molecular complexity index is 288. The highest BCUT2D eigenvalue weighted by Crippen LogP contribution is 2.33. The Hall–Kier alpha value is -0.340. The van der Waals surface area contributed by atoms with Crippen LogP contribution in [0.4, 0.5) is 0 Å². The lowest BCUT2D eigenvalue weighted by Crippen LogP contribution is -2.22. The van der Waals surface area contributed by atoms with E-state index in [4.69, 9.17) is 0 Å². The van der Waals surface area contributed by atoms with E-state index in [0.29, 0.717) is 5.92 Å². The van der Waals surface area contributed by atoms with Gasteiger partial charge in [-0.05, 0) is 38.3 Å². The Morgan fingerprint density at radius 1 is 1.50 bits per heavy atom. The molecule has 2 heteroatoms. The topological polar surface area (TPSA) is 20.2 Å². The minimum Gasteiger partial charge on any atom is -0.385 e. The highest BCUT2D eigenvalue weighted by molar-refractivity contribution is 7.12. The molecule has 2 unspecified atom stereocenters. The first kappa shape index (κ1) is 11.7. The molecule has 0 spiro atoms. The molecule has 0 saturated carbocycles. The van der Waals surface area contributed by atoms with Crippen LogP contribution < -0.4 is 0 Å². The van der Waals surface area contributed by atoms with E-state index >= 15 is 0 Å². The smallest absolute Gasteiger partial charge is 0.0962 e. The third-order valence-corrected chi connectivity index (χ3v) is 3.97. The molecule has 2 atom stereocenters. The summed E-state index contributed by atoms with van der Waals surface area (Å²) >= 11 is 1.70. The summed E-state index contributed by atoms with van der Waals surface area (Å²) < 4.78 is 0. The SMILES string of the molecule is CCC(C)CC(C)(O)c1ccc(C)s1. The van der Waals surface area contributed by atoms with Gasteiger partial charge in [-0.2, -0.15) is 0 Å². The van der Waals surface area contributed by atoms with Crippen LogP contribution in [0.5, 0.6) is 0 Å². The lowest BCUT2D eigenvalue weighted by molar-refractivity contribution is 0.0355. The van der Waals surface area contributed by atoms with Crippen molar-refractivity contribution in [3.8, 4) is 0 Å². The fourth-order valence-electron chi connectivity index (χ4n) is 1.65. The van der Waals surface area contributed by atoms with Crippen LogP contribution in [0.15, 0.2) is 12.1 Å². The van der Waals surface area contributed by atoms with Crippen LogP contribution in [-0.4, -0.2) is 5.11 Å². The van der Waals surface area contributed by atoms with Gasteiger partial charge in [0.15, 0.2) is 0 Å². The molecule has 80 valence electrons. The van der Waals surface area contributed by atoms with Gasteiger partial charge in [-0.25, -0.2) is 0 Å². The van der Waals surface area contributed by atoms with Gasteiger partial charge in [0.25, 0.3) is 0 Å². The van der Waals surface area contributed by atoms with Crippen molar-refractivity contribution in [2.24, 2.45) is 5.92 Å². The molecule has 0 fully saturated rings. The van der Waals surface area contributed by atoms with Gasteiger partial charge in [0.2, 0.25) is 0 Å². The van der Waals surface area contributed by atoms with Crippen molar-refractivity contribution in [2.75, 3.05) is 0 Å². The fraction of sp³-hybridized carbons (Fsp3) is 0.667. The van der Waals surface area contributed by atoms with E-state index < -0.39 is 5.60 Å². The molecule has 0 aliphatic carbocycles. The standard InChI is InChI=1S/C12H20OS/c1-5-9(2)8-12(4,13)11-7-6-10(3)14-11/h6-7,9,13H,5,8H2,1-4H3. The molecule has 0 aromatic carbocycles. The summed E-state index contributed by atoms with van der Waals surface area (Å²) in [7, 11) is 0. The van der Waals surface area contributed by atoms with Crippen LogP contribution >= 0.6 is 11.3 Å². The summed E-state index contributed by atoms with van der Waals surface area (Å²) in [6.45, 7) is 8.35. The molecule has 1 N–H and O–H groups in total. The van der Waals surface area contributed by atoms with Gasteiger partial charge in [-0.1, -0.05) is 20.3 Å². The molecule has 0 aliphatic rings. The van der Waals surface area contributed by atoms with Crippen LogP contribution in [0.3, 0.4) is 0 Å². The summed E-state index contributed by atoms with van der Waals surface area (Å²) in [5, 5.41) is 10.3. The van der Waals surface area contributed by atoms with Gasteiger partial charge in [0, 0.05) is 9.75 Å². The normalized spacial score (nSPS) is 17.8. The van der Waals surface area contributed by atoms with Crippen molar-refractivity contribution in [1.82, 2.24) is 0 Å². The van der Waals surface area contributed by atoms with E-state index in [9.17, 15) is 5.11 Å². The number of hydrogen-bond acceptors (Lipinski definition) is 2. The van der Waals surface area contributed by atoms with Gasteiger partial charge in [0.1, 0.15) is 0 Å². The first-order chi connectivity index (χ1) is 6.45. The van der Waals surface area contributed by atoms with Crippen molar-refractivity contribution < 1.29 is 5.11 Å². The van der Waals surface area contributed by atoms with E-state index in [1.54, 1.807) is 11.3 Å². The number of thiophene rings is 1. The van der Waals surface area contributed by atoms with Crippen LogP contribution in [0, 0.1) is 12.8 Å². The minimum absolute atomic E-state index is 0.576. The molecule has 1 heterocycles. The second-order valence-corrected chi connectivity index (χ2v) is 5.69. The van der Waals surface area contributed by atoms with Gasteiger partial charge < -0.3 is 5.11 Å². The quantitative estimate of drug-likeness (QED) is 0.807. The molecule has 1 aromatic heterocycles. The third-order valence-electron chi connectivity index (χ3n) is 2.71. The molecule has 1 rings (SSSR count). The zero-order valence-electron chi connectivity index (χ0n) is 9.50. The Labute approximate surface area is 90.8 Å². The molecule has 1 nitrogen and oxygen atoms in total. The molecule has 0 bridgehead atoms. The van der Waals surface area contributed by atoms with Gasteiger partial charge in [-0.3, -0.25) is 0 Å². The zero-order valence-corrected chi connectivity index (χ0v) is 10.3. The first-order valence-electron chi connectivity index (χ1n) is 5.25. The highest BCUT2D eigenvalue weighted by Gasteiger charge is 2.26. The van der Waals surface area contributed by atoms with Crippen LogP contribution in [0.1, 0.15) is 43.4 Å². The van der Waals surface area contributed by atoms with Gasteiger partial charge in [0.05, 0.1) is 5.60 Å². The number of hydrogen-bond donors (Lipinski definition) is 1. The monoisotopic (exact) mass is 212 g/mol. The van der Waals surface area contributed by atoms with Crippen molar-refractivity contribution in [3.05, 3.63) is 21.9 Å². The first-order valence-corrected chi connectivity index (χ1v) is 6.06. The van der Waals surface area contributed by atoms with Crippen molar-refractivity contribution in [1.29, 1.82) is 0 Å². The second-order valence-electron chi connectivity index (χ2n) is 4.40. The van der Waals surface area contributed by atoms with Crippen LogP contribution in [0.25, 0.3) is 0 Å². The Morgan fingerprint density at radius 2 is 2.14 bits per heavy atom. The second kappa shape index (κ2) is 4.45. The van der Waals surface area contributed by atoms with E-state index in [-0.39, 0.29) is 0 Å². The minimum atomic E-state index is -0.644. The maximum atomic E-state index is 10.3. The average Bonchev–Trinajstić information content (AvgIpc) is 2.51. The van der Waals surface area contributed by atoms with Gasteiger partial charge >= 0.3 is 0 Å². The molecule has 14 heavy (non-hydrogen) atoms. The molecule has 0 radical (unpaired) electrons.